The minimum absolute atomic E-state index is 0.00401. The van der Waals surface area contributed by atoms with Gasteiger partial charge in [-0.15, -0.1) is 0 Å². The summed E-state index contributed by atoms with van der Waals surface area (Å²) in [4.78, 5) is 25.8. The van der Waals surface area contributed by atoms with Crippen LogP contribution in [0.4, 0.5) is 0 Å². The maximum absolute atomic E-state index is 12.6. The number of nitrogens with zero attached hydrogens (tertiary/aromatic N) is 1. The van der Waals surface area contributed by atoms with Crippen LogP contribution in [0.15, 0.2) is 18.2 Å². The molecule has 0 bridgehead atoms. The Bertz CT molecular complexity index is 588. The van der Waals surface area contributed by atoms with Gasteiger partial charge in [0.25, 0.3) is 0 Å². The summed E-state index contributed by atoms with van der Waals surface area (Å²) >= 11 is 0. The number of nitrogens with two attached hydrogens (primary N) is 1. The average molecular weight is 320 g/mol. The molecule has 1 fully saturated rings. The van der Waals surface area contributed by atoms with Gasteiger partial charge in [0.2, 0.25) is 11.8 Å². The first-order valence-electron chi connectivity index (χ1n) is 7.76. The summed E-state index contributed by atoms with van der Waals surface area (Å²) in [6, 6.07) is 5.56. The van der Waals surface area contributed by atoms with Gasteiger partial charge in [0, 0.05) is 12.6 Å². The van der Waals surface area contributed by atoms with Crippen molar-refractivity contribution in [1.29, 1.82) is 0 Å². The van der Waals surface area contributed by atoms with Crippen LogP contribution >= 0.6 is 0 Å². The highest BCUT2D eigenvalue weighted by atomic mass is 16.5. The number of hydrogen-bond acceptors (Lipinski definition) is 4. The smallest absolute Gasteiger partial charge is 0.227 e. The topological polar surface area (TPSA) is 81.9 Å². The third-order valence-electron chi connectivity index (χ3n) is 4.41. The molecule has 23 heavy (non-hydrogen) atoms. The molecular formula is C17H24N2O4. The first-order chi connectivity index (χ1) is 11.0. The maximum atomic E-state index is 12.6. The van der Waals surface area contributed by atoms with Crippen molar-refractivity contribution in [2.45, 2.75) is 32.2 Å². The fourth-order valence-electron chi connectivity index (χ4n) is 2.95. The lowest BCUT2D eigenvalue weighted by molar-refractivity contribution is -0.136. The van der Waals surface area contributed by atoms with E-state index >= 15 is 0 Å². The van der Waals surface area contributed by atoms with Crippen LogP contribution < -0.4 is 15.2 Å². The number of hydrogen-bond donors (Lipinski definition) is 1. The Morgan fingerprint density at radius 2 is 1.91 bits per heavy atom. The first-order valence-corrected chi connectivity index (χ1v) is 7.76. The summed E-state index contributed by atoms with van der Waals surface area (Å²) in [5, 5.41) is 0. The van der Waals surface area contributed by atoms with Gasteiger partial charge in [-0.2, -0.15) is 0 Å². The summed E-state index contributed by atoms with van der Waals surface area (Å²) in [6.07, 6.45) is 1.80. The zero-order chi connectivity index (χ0) is 17.0. The number of rotatable bonds is 5. The lowest BCUT2D eigenvalue weighted by Gasteiger charge is -2.37. The van der Waals surface area contributed by atoms with Crippen LogP contribution in [0.1, 0.15) is 25.3 Å². The van der Waals surface area contributed by atoms with E-state index in [2.05, 4.69) is 0 Å². The molecule has 0 saturated carbocycles. The van der Waals surface area contributed by atoms with Crippen LogP contribution in [0.5, 0.6) is 11.5 Å². The van der Waals surface area contributed by atoms with Crippen molar-refractivity contribution in [3.8, 4) is 11.5 Å². The summed E-state index contributed by atoms with van der Waals surface area (Å²) < 4.78 is 10.5. The monoisotopic (exact) mass is 320 g/mol. The van der Waals surface area contributed by atoms with Gasteiger partial charge in [-0.1, -0.05) is 6.07 Å². The number of ether oxygens (including phenoxy) is 2. The Labute approximate surface area is 136 Å². The highest BCUT2D eigenvalue weighted by Gasteiger charge is 2.31. The quantitative estimate of drug-likeness (QED) is 0.888. The van der Waals surface area contributed by atoms with Crippen molar-refractivity contribution in [1.82, 2.24) is 4.90 Å². The molecule has 2 atom stereocenters. The summed E-state index contributed by atoms with van der Waals surface area (Å²) in [7, 11) is 3.13. The maximum Gasteiger partial charge on any atom is 0.227 e. The van der Waals surface area contributed by atoms with E-state index in [-0.39, 0.29) is 30.2 Å². The van der Waals surface area contributed by atoms with Crippen LogP contribution in [0, 0.1) is 5.92 Å². The number of amides is 2. The molecule has 2 rings (SSSR count). The van der Waals surface area contributed by atoms with E-state index in [9.17, 15) is 9.59 Å². The fraction of sp³-hybridized carbons (Fsp3) is 0.529. The minimum atomic E-state index is -0.333. The lowest BCUT2D eigenvalue weighted by Crippen LogP contribution is -2.49. The average Bonchev–Trinajstić information content (AvgIpc) is 2.54. The Kier molecular flexibility index (Phi) is 5.47. The van der Waals surface area contributed by atoms with Crippen molar-refractivity contribution >= 4 is 11.8 Å². The Morgan fingerprint density at radius 1 is 1.22 bits per heavy atom. The van der Waals surface area contributed by atoms with Crippen LogP contribution in [0.25, 0.3) is 0 Å². The molecule has 0 spiro atoms. The fourth-order valence-corrected chi connectivity index (χ4v) is 2.95. The zero-order valence-electron chi connectivity index (χ0n) is 13.9. The van der Waals surface area contributed by atoms with E-state index in [1.165, 1.54) is 0 Å². The number of benzene rings is 1. The van der Waals surface area contributed by atoms with Crippen LogP contribution in [0.3, 0.4) is 0 Å². The third-order valence-corrected chi connectivity index (χ3v) is 4.41. The van der Waals surface area contributed by atoms with Crippen molar-refractivity contribution in [2.24, 2.45) is 11.7 Å². The van der Waals surface area contributed by atoms with E-state index in [1.54, 1.807) is 31.3 Å². The van der Waals surface area contributed by atoms with Crippen LogP contribution in [0.2, 0.25) is 0 Å². The molecule has 1 aromatic carbocycles. The SMILES string of the molecule is COc1ccc(CC(=O)N2C[C@H](C(N)=O)CC[C@@H]2C)cc1OC. The molecule has 1 saturated heterocycles. The minimum Gasteiger partial charge on any atom is -0.493 e. The Balaban J connectivity index is 2.10. The second-order valence-electron chi connectivity index (χ2n) is 5.94. The summed E-state index contributed by atoms with van der Waals surface area (Å²) in [5.74, 6) is 0.639. The number of methoxy groups -OCH3 is 2. The van der Waals surface area contributed by atoms with E-state index in [4.69, 9.17) is 15.2 Å². The zero-order valence-corrected chi connectivity index (χ0v) is 13.9. The van der Waals surface area contributed by atoms with Gasteiger partial charge in [0.05, 0.1) is 26.6 Å². The van der Waals surface area contributed by atoms with Crippen molar-refractivity contribution in [3.05, 3.63) is 23.8 Å². The lowest BCUT2D eigenvalue weighted by atomic mass is 9.92. The van der Waals surface area contributed by atoms with Crippen molar-refractivity contribution < 1.29 is 19.1 Å². The molecule has 1 aliphatic rings. The second-order valence-corrected chi connectivity index (χ2v) is 5.94. The highest BCUT2D eigenvalue weighted by molar-refractivity contribution is 5.82. The van der Waals surface area contributed by atoms with E-state index < -0.39 is 0 Å². The molecule has 2 amide bonds. The standard InChI is InChI=1S/C17H24N2O4/c1-11-4-6-13(17(18)21)10-19(11)16(20)9-12-5-7-14(22-2)15(8-12)23-3/h5,7-8,11,13H,4,6,9-10H2,1-3H3,(H2,18,21)/t11-,13+/m0/s1. The van der Waals surface area contributed by atoms with Gasteiger partial charge in [0.15, 0.2) is 11.5 Å². The predicted octanol–water partition coefficient (Wildman–Crippen LogP) is 1.36. The molecule has 0 aromatic heterocycles. The molecule has 0 unspecified atom stereocenters. The molecule has 2 N–H and O–H groups in total. The Morgan fingerprint density at radius 3 is 2.52 bits per heavy atom. The molecule has 6 nitrogen and oxygen atoms in total. The van der Waals surface area contributed by atoms with Gasteiger partial charge >= 0.3 is 0 Å². The highest BCUT2D eigenvalue weighted by Crippen LogP contribution is 2.28. The van der Waals surface area contributed by atoms with E-state index in [0.29, 0.717) is 18.0 Å². The van der Waals surface area contributed by atoms with E-state index in [1.807, 2.05) is 13.0 Å². The molecule has 0 radical (unpaired) electrons. The largest absolute Gasteiger partial charge is 0.493 e. The summed E-state index contributed by atoms with van der Waals surface area (Å²) in [5.41, 5.74) is 6.24. The van der Waals surface area contributed by atoms with Crippen molar-refractivity contribution in [3.63, 3.8) is 0 Å². The second kappa shape index (κ2) is 7.35. The van der Waals surface area contributed by atoms with Gasteiger partial charge in [-0.05, 0) is 37.5 Å². The number of piperidine rings is 1. The molecule has 0 aliphatic carbocycles. The van der Waals surface area contributed by atoms with Crippen molar-refractivity contribution in [2.75, 3.05) is 20.8 Å². The van der Waals surface area contributed by atoms with Crippen LogP contribution in [-0.4, -0.2) is 43.5 Å². The van der Waals surface area contributed by atoms with Gasteiger partial charge in [-0.25, -0.2) is 0 Å². The normalized spacial score (nSPS) is 20.9. The van der Waals surface area contributed by atoms with Gasteiger partial charge in [-0.3, -0.25) is 9.59 Å². The Hall–Kier alpha value is -2.24. The van der Waals surface area contributed by atoms with E-state index in [0.717, 1.165) is 18.4 Å². The number of likely N-dealkylation sites (tertiary alicyclic amines) is 1. The molecule has 126 valence electrons. The predicted molar refractivity (Wildman–Crippen MR) is 86.3 cm³/mol. The first kappa shape index (κ1) is 17.1. The molecule has 1 aromatic rings. The number of carbonyl (C=O) groups is 2. The van der Waals surface area contributed by atoms with Crippen LogP contribution in [-0.2, 0) is 16.0 Å². The molecule has 6 heteroatoms. The third kappa shape index (κ3) is 3.94. The number of primary amides is 1. The molecule has 1 aliphatic heterocycles. The number of carbonyl (C=O) groups excluding carboxylic acids is 2. The molecule has 1 heterocycles. The van der Waals surface area contributed by atoms with Gasteiger partial charge < -0.3 is 20.1 Å². The summed E-state index contributed by atoms with van der Waals surface area (Å²) in [6.45, 7) is 2.41. The molecular weight excluding hydrogens is 296 g/mol. The van der Waals surface area contributed by atoms with Gasteiger partial charge in [0.1, 0.15) is 0 Å².